The van der Waals surface area contributed by atoms with E-state index >= 15 is 0 Å². The van der Waals surface area contributed by atoms with Crippen molar-refractivity contribution in [3.8, 4) is 0 Å². The Kier molecular flexibility index (Phi) is 5.47. The molecule has 0 spiro atoms. The number of piperidine rings is 1. The molecule has 2 atom stereocenters. The molecule has 88 valence electrons. The maximum atomic E-state index is 11.4. The number of hydrogen-bond acceptors (Lipinski definition) is 3. The van der Waals surface area contributed by atoms with Gasteiger partial charge in [0, 0.05) is 12.6 Å². The lowest BCUT2D eigenvalue weighted by molar-refractivity contribution is -0.121. The Morgan fingerprint density at radius 2 is 1.93 bits per heavy atom. The molecule has 1 aliphatic rings. The van der Waals surface area contributed by atoms with Crippen LogP contribution < -0.4 is 5.32 Å². The number of likely N-dealkylation sites (tertiary alicyclic amines) is 1. The van der Waals surface area contributed by atoms with Crippen molar-refractivity contribution in [3.63, 3.8) is 0 Å². The van der Waals surface area contributed by atoms with E-state index in [1.165, 1.54) is 32.4 Å². The summed E-state index contributed by atoms with van der Waals surface area (Å²) in [6.07, 6.45) is 3.94. The monoisotopic (exact) mass is 230 g/mol. The zero-order valence-electron chi connectivity index (χ0n) is 9.70. The molecular formula is C11H22N2OS. The summed E-state index contributed by atoms with van der Waals surface area (Å²) in [7, 11) is 0. The van der Waals surface area contributed by atoms with Crippen molar-refractivity contribution >= 4 is 18.5 Å². The van der Waals surface area contributed by atoms with Gasteiger partial charge in [-0.25, -0.2) is 0 Å². The smallest absolute Gasteiger partial charge is 0.232 e. The van der Waals surface area contributed by atoms with Gasteiger partial charge in [0.1, 0.15) is 0 Å². The highest BCUT2D eigenvalue weighted by atomic mass is 32.1. The maximum Gasteiger partial charge on any atom is 0.232 e. The second kappa shape index (κ2) is 6.38. The van der Waals surface area contributed by atoms with Crippen LogP contribution >= 0.6 is 12.6 Å². The van der Waals surface area contributed by atoms with Crippen molar-refractivity contribution < 1.29 is 4.79 Å². The average Bonchev–Trinajstić information content (AvgIpc) is 2.18. The lowest BCUT2D eigenvalue weighted by Crippen LogP contribution is -2.45. The quantitative estimate of drug-likeness (QED) is 0.714. The summed E-state index contributed by atoms with van der Waals surface area (Å²) in [5.41, 5.74) is 0. The minimum atomic E-state index is -0.214. The van der Waals surface area contributed by atoms with E-state index in [2.05, 4.69) is 29.8 Å². The molecule has 0 aliphatic carbocycles. The number of hydrogen-bond donors (Lipinski definition) is 2. The van der Waals surface area contributed by atoms with E-state index in [9.17, 15) is 4.79 Å². The number of rotatable bonds is 4. The molecule has 4 heteroatoms. The molecule has 2 unspecified atom stereocenters. The van der Waals surface area contributed by atoms with Crippen LogP contribution in [0.2, 0.25) is 0 Å². The lowest BCUT2D eigenvalue weighted by Gasteiger charge is -2.29. The summed E-state index contributed by atoms with van der Waals surface area (Å²) in [4.78, 5) is 13.8. The third-order valence-corrected chi connectivity index (χ3v) is 2.98. The largest absolute Gasteiger partial charge is 0.351 e. The second-order valence-corrected chi connectivity index (χ2v) is 5.22. The first-order valence-corrected chi connectivity index (χ1v) is 6.32. The lowest BCUT2D eigenvalue weighted by atomic mass is 10.1. The Morgan fingerprint density at radius 1 is 1.33 bits per heavy atom. The highest BCUT2D eigenvalue weighted by Gasteiger charge is 2.16. The van der Waals surface area contributed by atoms with Crippen molar-refractivity contribution in [1.29, 1.82) is 0 Å². The molecule has 0 saturated carbocycles. The van der Waals surface area contributed by atoms with Crippen LogP contribution in [0.3, 0.4) is 0 Å². The molecule has 15 heavy (non-hydrogen) atoms. The number of carbonyl (C=O) groups is 1. The van der Waals surface area contributed by atoms with Crippen LogP contribution in [0, 0.1) is 0 Å². The molecule has 1 rings (SSSR count). The first-order chi connectivity index (χ1) is 7.09. The van der Waals surface area contributed by atoms with Crippen molar-refractivity contribution in [2.75, 3.05) is 19.6 Å². The Bertz CT molecular complexity index is 203. The van der Waals surface area contributed by atoms with E-state index in [0.717, 1.165) is 6.54 Å². The third-order valence-electron chi connectivity index (χ3n) is 2.75. The first-order valence-electron chi connectivity index (χ1n) is 5.80. The Balaban J connectivity index is 2.22. The Morgan fingerprint density at radius 3 is 2.47 bits per heavy atom. The number of nitrogens with zero attached hydrogens (tertiary/aromatic N) is 1. The van der Waals surface area contributed by atoms with E-state index < -0.39 is 0 Å². The predicted octanol–water partition coefficient (Wildman–Crippen LogP) is 1.30. The predicted molar refractivity (Wildman–Crippen MR) is 66.3 cm³/mol. The van der Waals surface area contributed by atoms with Crippen molar-refractivity contribution in [1.82, 2.24) is 10.2 Å². The van der Waals surface area contributed by atoms with Crippen LogP contribution in [-0.2, 0) is 4.79 Å². The number of amides is 1. The number of carbonyl (C=O) groups excluding carboxylic acids is 1. The fourth-order valence-electron chi connectivity index (χ4n) is 1.94. The summed E-state index contributed by atoms with van der Waals surface area (Å²) >= 11 is 4.11. The van der Waals surface area contributed by atoms with Crippen LogP contribution in [0.5, 0.6) is 0 Å². The maximum absolute atomic E-state index is 11.4. The minimum Gasteiger partial charge on any atom is -0.351 e. The minimum absolute atomic E-state index is 0.0304. The van der Waals surface area contributed by atoms with Crippen LogP contribution in [-0.4, -0.2) is 41.7 Å². The summed E-state index contributed by atoms with van der Waals surface area (Å²) in [6, 6.07) is 0.227. The SMILES string of the molecule is CC(CN1CCCCC1)NC(=O)C(C)S. The molecule has 1 heterocycles. The molecule has 1 saturated heterocycles. The molecular weight excluding hydrogens is 208 g/mol. The second-order valence-electron chi connectivity index (χ2n) is 4.45. The average molecular weight is 230 g/mol. The molecule has 0 aromatic heterocycles. The fourth-order valence-corrected chi connectivity index (χ4v) is 2.01. The van der Waals surface area contributed by atoms with Gasteiger partial charge in [0.2, 0.25) is 5.91 Å². The summed E-state index contributed by atoms with van der Waals surface area (Å²) in [5, 5.41) is 2.76. The Hall–Kier alpha value is -0.220. The molecule has 3 nitrogen and oxygen atoms in total. The van der Waals surface area contributed by atoms with Crippen LogP contribution in [0.25, 0.3) is 0 Å². The number of thiol groups is 1. The molecule has 0 aromatic rings. The topological polar surface area (TPSA) is 32.3 Å². The summed E-state index contributed by atoms with van der Waals surface area (Å²) in [5.74, 6) is 0.0304. The molecule has 1 amide bonds. The van der Waals surface area contributed by atoms with Crippen LogP contribution in [0.1, 0.15) is 33.1 Å². The molecule has 0 radical (unpaired) electrons. The molecule has 0 aromatic carbocycles. The van der Waals surface area contributed by atoms with Gasteiger partial charge in [0.15, 0.2) is 0 Å². The number of nitrogens with one attached hydrogen (secondary N) is 1. The molecule has 0 bridgehead atoms. The van der Waals surface area contributed by atoms with Gasteiger partial charge in [-0.2, -0.15) is 12.6 Å². The van der Waals surface area contributed by atoms with Crippen molar-refractivity contribution in [3.05, 3.63) is 0 Å². The summed E-state index contributed by atoms with van der Waals surface area (Å²) in [6.45, 7) is 7.17. The highest BCUT2D eigenvalue weighted by Crippen LogP contribution is 2.08. The molecule has 1 N–H and O–H groups in total. The highest BCUT2D eigenvalue weighted by molar-refractivity contribution is 7.81. The standard InChI is InChI=1S/C11H22N2OS/c1-9(12-11(14)10(2)15)8-13-6-4-3-5-7-13/h9-10,15H,3-8H2,1-2H3,(H,12,14). The Labute approximate surface area is 98.0 Å². The van der Waals surface area contributed by atoms with Crippen LogP contribution in [0.4, 0.5) is 0 Å². The van der Waals surface area contributed by atoms with Gasteiger partial charge in [-0.1, -0.05) is 6.42 Å². The fraction of sp³-hybridized carbons (Fsp3) is 0.909. The first kappa shape index (κ1) is 12.8. The molecule has 1 aliphatic heterocycles. The van der Waals surface area contributed by atoms with E-state index in [1.54, 1.807) is 6.92 Å². The van der Waals surface area contributed by atoms with E-state index in [4.69, 9.17) is 0 Å². The van der Waals surface area contributed by atoms with Gasteiger partial charge in [-0.05, 0) is 39.8 Å². The van der Waals surface area contributed by atoms with Gasteiger partial charge in [-0.3, -0.25) is 4.79 Å². The van der Waals surface area contributed by atoms with E-state index in [1.807, 2.05) is 0 Å². The zero-order valence-corrected chi connectivity index (χ0v) is 10.6. The third kappa shape index (κ3) is 4.89. The normalized spacial score (nSPS) is 22.1. The van der Waals surface area contributed by atoms with Crippen molar-refractivity contribution in [2.24, 2.45) is 0 Å². The van der Waals surface area contributed by atoms with Gasteiger partial charge < -0.3 is 10.2 Å². The van der Waals surface area contributed by atoms with E-state index in [0.29, 0.717) is 0 Å². The van der Waals surface area contributed by atoms with Gasteiger partial charge in [-0.15, -0.1) is 0 Å². The van der Waals surface area contributed by atoms with Gasteiger partial charge in [0.25, 0.3) is 0 Å². The van der Waals surface area contributed by atoms with Crippen LogP contribution in [0.15, 0.2) is 0 Å². The van der Waals surface area contributed by atoms with E-state index in [-0.39, 0.29) is 17.2 Å². The van der Waals surface area contributed by atoms with Crippen molar-refractivity contribution in [2.45, 2.75) is 44.4 Å². The summed E-state index contributed by atoms with van der Waals surface area (Å²) < 4.78 is 0. The molecule has 1 fully saturated rings. The van der Waals surface area contributed by atoms with Gasteiger partial charge >= 0.3 is 0 Å². The zero-order chi connectivity index (χ0) is 11.3. The van der Waals surface area contributed by atoms with Gasteiger partial charge in [0.05, 0.1) is 5.25 Å².